The molecule has 0 saturated carbocycles. The van der Waals surface area contributed by atoms with Gasteiger partial charge in [-0.05, 0) is 0 Å². The van der Waals surface area contributed by atoms with Gasteiger partial charge in [0.15, 0.2) is 0 Å². The maximum atomic E-state index is 2.99. The van der Waals surface area contributed by atoms with E-state index in [4.69, 9.17) is 0 Å². The van der Waals surface area contributed by atoms with Gasteiger partial charge in [-0.15, -0.1) is 6.42 Å². The van der Waals surface area contributed by atoms with Crippen LogP contribution in [-0.2, 0) is 26.2 Å². The molecule has 0 aromatic carbocycles. The fraction of sp³-hybridized carbons (Fsp3) is 0.364. The molecule has 0 atom stereocenters. The Bertz CT molecular complexity index is 286. The summed E-state index contributed by atoms with van der Waals surface area (Å²) in [6.07, 6.45) is 10.0. The molecule has 1 aliphatic carbocycles. The van der Waals surface area contributed by atoms with E-state index in [1.807, 2.05) is 12.2 Å². The topological polar surface area (TPSA) is 0 Å². The summed E-state index contributed by atoms with van der Waals surface area (Å²) >= 11 is 1.33. The summed E-state index contributed by atoms with van der Waals surface area (Å²) in [7, 11) is 0. The van der Waals surface area contributed by atoms with Crippen molar-refractivity contribution in [3.63, 3.8) is 0 Å². The maximum Gasteiger partial charge on any atom is 4.00 e. The van der Waals surface area contributed by atoms with Crippen molar-refractivity contribution < 1.29 is 51.0 Å². The van der Waals surface area contributed by atoms with Crippen LogP contribution in [0, 0.1) is 10.8 Å². The molecule has 16 heavy (non-hydrogen) atoms. The van der Waals surface area contributed by atoms with Gasteiger partial charge in [-0.1, -0.05) is 0 Å². The molecular formula is C11H14As2Cl2Zr. The van der Waals surface area contributed by atoms with Crippen molar-refractivity contribution in [3.8, 4) is 0 Å². The summed E-state index contributed by atoms with van der Waals surface area (Å²) in [6, 6.07) is 0. The van der Waals surface area contributed by atoms with Crippen LogP contribution in [0.3, 0.4) is 0 Å². The second-order valence-corrected chi connectivity index (χ2v) is 11.0. The van der Waals surface area contributed by atoms with Crippen molar-refractivity contribution in [1.82, 2.24) is 0 Å². The largest absolute Gasteiger partial charge is 4.00 e. The molecule has 2 rings (SSSR count). The van der Waals surface area contributed by atoms with Crippen LogP contribution in [0.25, 0.3) is 0 Å². The number of hydrogen-bond acceptors (Lipinski definition) is 0. The first-order chi connectivity index (χ1) is 6.22. The van der Waals surface area contributed by atoms with Crippen LogP contribution in [0.2, 0.25) is 0 Å². The van der Waals surface area contributed by atoms with Crippen LogP contribution in [0.15, 0.2) is 28.2 Å². The van der Waals surface area contributed by atoms with E-state index < -0.39 is 0 Å². The summed E-state index contributed by atoms with van der Waals surface area (Å²) in [5, 5.41) is 0. The Morgan fingerprint density at radius 2 is 1.94 bits per heavy atom. The molecule has 5 heteroatoms. The molecule has 0 aromatic rings. The monoisotopic (exact) mass is 456 g/mol. The maximum absolute atomic E-state index is 2.99. The van der Waals surface area contributed by atoms with Gasteiger partial charge in [0.25, 0.3) is 0 Å². The Morgan fingerprint density at radius 1 is 1.31 bits per heavy atom. The Hall–Kier alpha value is 1.67. The molecule has 0 aromatic heterocycles. The van der Waals surface area contributed by atoms with E-state index >= 15 is 0 Å². The molecule has 0 bridgehead atoms. The van der Waals surface area contributed by atoms with Gasteiger partial charge in [0.05, 0.1) is 0 Å². The van der Waals surface area contributed by atoms with E-state index in [-0.39, 0.29) is 51.0 Å². The molecule has 0 N–H and O–H groups in total. The molecule has 0 spiro atoms. The van der Waals surface area contributed by atoms with Crippen molar-refractivity contribution in [1.29, 1.82) is 0 Å². The first-order valence-electron chi connectivity index (χ1n) is 4.36. The zero-order valence-electron chi connectivity index (χ0n) is 9.59. The molecule has 0 radical (unpaired) electrons. The van der Waals surface area contributed by atoms with Gasteiger partial charge >= 0.3 is 87.9 Å². The third-order valence-electron chi connectivity index (χ3n) is 2.02. The van der Waals surface area contributed by atoms with Gasteiger partial charge in [-0.25, -0.2) is 12.2 Å². The molecule has 1 heterocycles. The fourth-order valence-corrected chi connectivity index (χ4v) is 9.82. The van der Waals surface area contributed by atoms with Gasteiger partial charge in [-0.2, -0.15) is 6.08 Å². The number of hydrogen-bond donors (Lipinski definition) is 0. The average Bonchev–Trinajstić information content (AvgIpc) is 2.75. The quantitative estimate of drug-likeness (QED) is 0.261. The Kier molecular flexibility index (Phi) is 18.7. The van der Waals surface area contributed by atoms with Gasteiger partial charge in [0, 0.05) is 0 Å². The zero-order valence-corrected chi connectivity index (χ0v) is 17.3. The molecule has 0 nitrogen and oxygen atoms in total. The minimum absolute atomic E-state index is 0. The molecule has 86 valence electrons. The standard InChI is InChI=1S/C6H9As2.C5H5.2ClH.Zr/c1-4-5(2)7-8-6(4)3;1-2-4-5-3-1;;;/h1-3H3;1-3H,4H2;2*1H;/q2*-1;;;+4/p-2. The fourth-order valence-electron chi connectivity index (χ4n) is 0.902. The molecule has 0 saturated heterocycles. The van der Waals surface area contributed by atoms with Gasteiger partial charge in [0.1, 0.15) is 0 Å². The van der Waals surface area contributed by atoms with Crippen LogP contribution in [0.5, 0.6) is 0 Å². The van der Waals surface area contributed by atoms with Crippen LogP contribution in [-0.4, -0.2) is 26.3 Å². The summed E-state index contributed by atoms with van der Waals surface area (Å²) in [6.45, 7) is 6.85. The number of allylic oxidation sites excluding steroid dienone is 6. The predicted octanol–water partition coefficient (Wildman–Crippen LogP) is -3.52. The van der Waals surface area contributed by atoms with Crippen LogP contribution in [0.4, 0.5) is 0 Å². The predicted molar refractivity (Wildman–Crippen MR) is 60.4 cm³/mol. The summed E-state index contributed by atoms with van der Waals surface area (Å²) in [4.78, 5) is 0. The van der Waals surface area contributed by atoms with Crippen molar-refractivity contribution in [2.75, 3.05) is 0 Å². The van der Waals surface area contributed by atoms with Gasteiger partial charge < -0.3 is 24.8 Å². The molecular weight excluding hydrogens is 444 g/mol. The van der Waals surface area contributed by atoms with Crippen LogP contribution < -0.4 is 24.8 Å². The molecule has 0 fully saturated rings. The van der Waals surface area contributed by atoms with E-state index in [1.165, 1.54) is 0 Å². The van der Waals surface area contributed by atoms with Crippen molar-refractivity contribution >= 4 is 26.3 Å². The number of rotatable bonds is 0. The normalized spacial score (nSPS) is 16.8. The third kappa shape index (κ3) is 8.72. The van der Waals surface area contributed by atoms with E-state index in [0.717, 1.165) is 6.42 Å². The molecule has 1 aliphatic heterocycles. The van der Waals surface area contributed by atoms with E-state index in [0.29, 0.717) is 26.3 Å². The van der Waals surface area contributed by atoms with Gasteiger partial charge in [0.2, 0.25) is 0 Å². The third-order valence-corrected chi connectivity index (χ3v) is 12.5. The first-order valence-corrected chi connectivity index (χ1v) is 11.4. The Morgan fingerprint density at radius 3 is 2.06 bits per heavy atom. The van der Waals surface area contributed by atoms with E-state index in [9.17, 15) is 0 Å². The molecule has 2 aliphatic rings. The van der Waals surface area contributed by atoms with Crippen molar-refractivity contribution in [2.24, 2.45) is 0 Å². The Balaban J connectivity index is -0.000000189. The first kappa shape index (κ1) is 22.8. The second-order valence-electron chi connectivity index (χ2n) is 3.00. The smallest absolute Gasteiger partial charge is 1.00 e. The molecule has 0 amide bonds. The van der Waals surface area contributed by atoms with E-state index in [1.54, 1.807) is 14.6 Å². The van der Waals surface area contributed by atoms with E-state index in [2.05, 4.69) is 32.9 Å². The second kappa shape index (κ2) is 13.1. The average molecular weight is 458 g/mol. The van der Waals surface area contributed by atoms with Crippen LogP contribution in [0.1, 0.15) is 27.2 Å². The Labute approximate surface area is 142 Å². The minimum atomic E-state index is 0. The summed E-state index contributed by atoms with van der Waals surface area (Å²) in [5.74, 6) is 0. The van der Waals surface area contributed by atoms with Crippen molar-refractivity contribution in [2.45, 2.75) is 27.2 Å². The zero-order chi connectivity index (χ0) is 9.68. The summed E-state index contributed by atoms with van der Waals surface area (Å²) in [5.41, 5.74) is 1.63. The summed E-state index contributed by atoms with van der Waals surface area (Å²) < 4.78 is 3.44. The van der Waals surface area contributed by atoms with Crippen LogP contribution >= 0.6 is 0 Å². The van der Waals surface area contributed by atoms with Crippen molar-refractivity contribution in [3.05, 3.63) is 38.9 Å². The molecule has 0 unspecified atom stereocenters. The number of halogens is 2. The van der Waals surface area contributed by atoms with Gasteiger partial charge in [-0.3, -0.25) is 6.08 Å². The minimum Gasteiger partial charge on any atom is -1.00 e. The SMILES string of the molecule is CC1=C(C)[C-](C)[As]=[As]1.[C-]1=CC=CC1.[Cl-].[Cl-].[Zr+4].